The average molecular weight is 327 g/mol. The minimum atomic E-state index is -0.423. The number of nitrogens with zero attached hydrogens (tertiary/aromatic N) is 6. The Balaban J connectivity index is 1.84. The van der Waals surface area contributed by atoms with Gasteiger partial charge in [-0.15, -0.1) is 5.10 Å². The summed E-state index contributed by atoms with van der Waals surface area (Å²) in [6.45, 7) is 0. The summed E-state index contributed by atoms with van der Waals surface area (Å²) >= 11 is 5.98. The van der Waals surface area contributed by atoms with Crippen molar-refractivity contribution < 1.29 is 4.39 Å². The van der Waals surface area contributed by atoms with Gasteiger partial charge in [-0.2, -0.15) is 5.26 Å². The molecule has 0 saturated heterocycles. The van der Waals surface area contributed by atoms with Crippen LogP contribution in [0.4, 0.5) is 4.39 Å². The number of halogens is 2. The van der Waals surface area contributed by atoms with Crippen LogP contribution in [0.2, 0.25) is 5.02 Å². The van der Waals surface area contributed by atoms with Crippen LogP contribution in [0.5, 0.6) is 0 Å². The zero-order valence-electron chi connectivity index (χ0n) is 11.6. The van der Waals surface area contributed by atoms with Crippen molar-refractivity contribution in [2.24, 2.45) is 0 Å². The molecule has 0 N–H and O–H groups in total. The molecular formula is C15H8ClFN6. The minimum Gasteiger partial charge on any atom is -0.237 e. The summed E-state index contributed by atoms with van der Waals surface area (Å²) in [4.78, 5) is 8.04. The average Bonchev–Trinajstić information content (AvgIpc) is 3.02. The molecule has 0 amide bonds. The van der Waals surface area contributed by atoms with E-state index in [2.05, 4.69) is 20.3 Å². The lowest BCUT2D eigenvalue weighted by molar-refractivity contribution is 0.627. The van der Waals surface area contributed by atoms with Crippen molar-refractivity contribution in [1.29, 1.82) is 5.26 Å². The van der Waals surface area contributed by atoms with E-state index in [9.17, 15) is 4.39 Å². The first-order chi connectivity index (χ1) is 11.2. The number of hydrogen-bond donors (Lipinski definition) is 0. The van der Waals surface area contributed by atoms with Gasteiger partial charge >= 0.3 is 0 Å². The third kappa shape index (κ3) is 3.39. The van der Waals surface area contributed by atoms with E-state index in [1.165, 1.54) is 35.1 Å². The molecule has 0 aliphatic rings. The van der Waals surface area contributed by atoms with Crippen LogP contribution in [-0.4, -0.2) is 25.0 Å². The quantitative estimate of drug-likeness (QED) is 0.739. The molecule has 2 heterocycles. The molecule has 0 spiro atoms. The maximum absolute atomic E-state index is 13.1. The number of rotatable bonds is 3. The fourth-order valence-corrected chi connectivity index (χ4v) is 2.07. The van der Waals surface area contributed by atoms with E-state index in [0.717, 1.165) is 0 Å². The summed E-state index contributed by atoms with van der Waals surface area (Å²) in [5, 5.41) is 16.9. The van der Waals surface area contributed by atoms with E-state index in [4.69, 9.17) is 16.9 Å². The monoisotopic (exact) mass is 326 g/mol. The molecule has 0 atom stereocenters. The highest BCUT2D eigenvalue weighted by molar-refractivity contribution is 6.32. The van der Waals surface area contributed by atoms with E-state index in [1.807, 2.05) is 6.07 Å². The summed E-state index contributed by atoms with van der Waals surface area (Å²) in [5.41, 5.74) is 1.33. The normalized spacial score (nSPS) is 10.8. The summed E-state index contributed by atoms with van der Waals surface area (Å²) < 4.78 is 14.5. The highest BCUT2D eigenvalue weighted by atomic mass is 35.5. The van der Waals surface area contributed by atoms with Crippen LogP contribution in [0.1, 0.15) is 17.2 Å². The van der Waals surface area contributed by atoms with Gasteiger partial charge in [0.1, 0.15) is 23.3 Å². The predicted octanol–water partition coefficient (Wildman–Crippen LogP) is 2.89. The van der Waals surface area contributed by atoms with Crippen molar-refractivity contribution in [3.05, 3.63) is 64.7 Å². The first kappa shape index (κ1) is 14.8. The number of aromatic nitrogens is 5. The molecule has 2 aromatic heterocycles. The molecule has 0 bridgehead atoms. The Morgan fingerprint density at radius 3 is 2.91 bits per heavy atom. The van der Waals surface area contributed by atoms with Gasteiger partial charge in [-0.05, 0) is 36.4 Å². The molecule has 23 heavy (non-hydrogen) atoms. The lowest BCUT2D eigenvalue weighted by Gasteiger charge is -2.02. The fourth-order valence-electron chi connectivity index (χ4n) is 1.81. The number of nitriles is 1. The summed E-state index contributed by atoms with van der Waals surface area (Å²) in [6.07, 6.45) is 6.39. The molecule has 3 rings (SSSR count). The maximum Gasteiger partial charge on any atom is 0.153 e. The van der Waals surface area contributed by atoms with Gasteiger partial charge in [-0.1, -0.05) is 16.8 Å². The van der Waals surface area contributed by atoms with Crippen LogP contribution < -0.4 is 0 Å². The van der Waals surface area contributed by atoms with Gasteiger partial charge < -0.3 is 0 Å². The standard InChI is InChI=1S/C15H8ClFN6/c16-13-7-10(17)1-3-14(13)23-9-12(21-22-23)2-4-15-19-6-5-11(8-18)20-15/h1-7,9H/b4-2+. The van der Waals surface area contributed by atoms with Crippen LogP contribution >= 0.6 is 11.6 Å². The van der Waals surface area contributed by atoms with Crippen LogP contribution in [0.3, 0.4) is 0 Å². The molecule has 8 heteroatoms. The van der Waals surface area contributed by atoms with E-state index in [0.29, 0.717) is 17.2 Å². The molecule has 0 saturated carbocycles. The highest BCUT2D eigenvalue weighted by Gasteiger charge is 2.06. The Morgan fingerprint density at radius 1 is 1.26 bits per heavy atom. The number of hydrogen-bond acceptors (Lipinski definition) is 5. The third-order valence-corrected chi connectivity index (χ3v) is 3.16. The van der Waals surface area contributed by atoms with Crippen molar-refractivity contribution in [3.63, 3.8) is 0 Å². The van der Waals surface area contributed by atoms with Gasteiger partial charge in [0, 0.05) is 6.20 Å². The molecule has 0 radical (unpaired) electrons. The molecule has 112 valence electrons. The van der Waals surface area contributed by atoms with Gasteiger partial charge in [-0.25, -0.2) is 19.0 Å². The Bertz CT molecular complexity index is 928. The van der Waals surface area contributed by atoms with Gasteiger partial charge in [0.05, 0.1) is 16.9 Å². The van der Waals surface area contributed by atoms with Crippen molar-refractivity contribution in [2.75, 3.05) is 0 Å². The zero-order valence-corrected chi connectivity index (χ0v) is 12.3. The zero-order chi connectivity index (χ0) is 16.2. The first-order valence-electron chi connectivity index (χ1n) is 6.45. The van der Waals surface area contributed by atoms with Gasteiger partial charge in [-0.3, -0.25) is 0 Å². The lowest BCUT2D eigenvalue weighted by Crippen LogP contribution is -1.96. The second-order valence-electron chi connectivity index (χ2n) is 4.43. The molecular weight excluding hydrogens is 319 g/mol. The van der Waals surface area contributed by atoms with Gasteiger partial charge in [0.25, 0.3) is 0 Å². The van der Waals surface area contributed by atoms with Crippen LogP contribution in [0, 0.1) is 17.1 Å². The molecule has 0 aliphatic carbocycles. The molecule has 6 nitrogen and oxygen atoms in total. The SMILES string of the molecule is N#Cc1ccnc(/C=C/c2cn(-c3ccc(F)cc3Cl)nn2)n1. The van der Waals surface area contributed by atoms with Crippen LogP contribution in [0.15, 0.2) is 36.7 Å². The van der Waals surface area contributed by atoms with Crippen molar-refractivity contribution in [3.8, 4) is 11.8 Å². The van der Waals surface area contributed by atoms with Crippen molar-refractivity contribution in [2.45, 2.75) is 0 Å². The summed E-state index contributed by atoms with van der Waals surface area (Å²) in [6, 6.07) is 7.47. The molecule has 3 aromatic rings. The maximum atomic E-state index is 13.1. The fraction of sp³-hybridized carbons (Fsp3) is 0. The Labute approximate surface area is 135 Å². The van der Waals surface area contributed by atoms with Crippen LogP contribution in [-0.2, 0) is 0 Å². The second kappa shape index (κ2) is 6.34. The smallest absolute Gasteiger partial charge is 0.153 e. The van der Waals surface area contributed by atoms with Gasteiger partial charge in [0.15, 0.2) is 5.82 Å². The summed E-state index contributed by atoms with van der Waals surface area (Å²) in [7, 11) is 0. The molecule has 1 aromatic carbocycles. The Morgan fingerprint density at radius 2 is 2.13 bits per heavy atom. The molecule has 0 aliphatic heterocycles. The van der Waals surface area contributed by atoms with Gasteiger partial charge in [0.2, 0.25) is 0 Å². The molecule has 0 unspecified atom stereocenters. The topological polar surface area (TPSA) is 80.3 Å². The third-order valence-electron chi connectivity index (χ3n) is 2.86. The van der Waals surface area contributed by atoms with E-state index >= 15 is 0 Å². The van der Waals surface area contributed by atoms with Crippen LogP contribution in [0.25, 0.3) is 17.8 Å². The van der Waals surface area contributed by atoms with Crippen molar-refractivity contribution >= 4 is 23.8 Å². The first-order valence-corrected chi connectivity index (χ1v) is 6.82. The van der Waals surface area contributed by atoms with E-state index in [-0.39, 0.29) is 10.7 Å². The van der Waals surface area contributed by atoms with E-state index in [1.54, 1.807) is 18.3 Å². The van der Waals surface area contributed by atoms with E-state index < -0.39 is 5.82 Å². The predicted molar refractivity (Wildman–Crippen MR) is 82.0 cm³/mol. The molecule has 0 fully saturated rings. The second-order valence-corrected chi connectivity index (χ2v) is 4.84. The Hall–Kier alpha value is -3.11. The minimum absolute atomic E-state index is 0.232. The highest BCUT2D eigenvalue weighted by Crippen LogP contribution is 2.20. The van der Waals surface area contributed by atoms with Crippen molar-refractivity contribution in [1.82, 2.24) is 25.0 Å². The lowest BCUT2D eigenvalue weighted by atomic mass is 10.3. The largest absolute Gasteiger partial charge is 0.237 e. The summed E-state index contributed by atoms with van der Waals surface area (Å²) in [5.74, 6) is -0.0353. The number of benzene rings is 1. The Kier molecular flexibility index (Phi) is 4.08.